The Morgan fingerprint density at radius 3 is 2.62 bits per heavy atom. The lowest BCUT2D eigenvalue weighted by Crippen LogP contribution is -2.53. The van der Waals surface area contributed by atoms with Crippen LogP contribution in [0.15, 0.2) is 36.4 Å². The first-order valence-corrected chi connectivity index (χ1v) is 12.3. The number of carbonyl (C=O) groups excluding carboxylic acids is 2. The number of aromatic nitrogens is 2. The number of hydrogen-bond acceptors (Lipinski definition) is 3. The van der Waals surface area contributed by atoms with E-state index in [1.165, 1.54) is 16.8 Å². The van der Waals surface area contributed by atoms with E-state index in [9.17, 15) is 9.59 Å². The van der Waals surface area contributed by atoms with Gasteiger partial charge in [-0.1, -0.05) is 56.3 Å². The number of hydrogen-bond donors (Lipinski definition) is 0. The van der Waals surface area contributed by atoms with Gasteiger partial charge in [-0.3, -0.25) is 14.3 Å². The summed E-state index contributed by atoms with van der Waals surface area (Å²) >= 11 is 0. The second-order valence-electron chi connectivity index (χ2n) is 11.0. The maximum atomic E-state index is 12.9. The summed E-state index contributed by atoms with van der Waals surface area (Å²) in [5.41, 5.74) is 4.29. The molecular weight excluding hydrogens is 396 g/mol. The van der Waals surface area contributed by atoms with E-state index >= 15 is 0 Å². The van der Waals surface area contributed by atoms with Crippen LogP contribution in [0.2, 0.25) is 0 Å². The molecule has 166 valence electrons. The lowest BCUT2D eigenvalue weighted by atomic mass is 9.48. The highest BCUT2D eigenvalue weighted by atomic mass is 16.1. The highest BCUT2D eigenvalue weighted by Gasteiger charge is 2.60. The SMILES string of the molecule is C[C@]12CCC(=O)c3nn(C/C=C/c4ccccc4)c(c31)C[C@@H]1[C@@H]2CC[C@]2(C)C(=O)CC[C@@H]12. The van der Waals surface area contributed by atoms with Crippen molar-refractivity contribution in [3.63, 3.8) is 0 Å². The van der Waals surface area contributed by atoms with E-state index < -0.39 is 0 Å². The molecule has 2 fully saturated rings. The Balaban J connectivity index is 1.41. The van der Waals surface area contributed by atoms with Crippen LogP contribution in [0.5, 0.6) is 0 Å². The van der Waals surface area contributed by atoms with Crippen LogP contribution >= 0.6 is 0 Å². The van der Waals surface area contributed by atoms with E-state index in [0.29, 0.717) is 36.5 Å². The number of ketones is 2. The average Bonchev–Trinajstić information content (AvgIpc) is 3.31. The Kier molecular flexibility index (Phi) is 4.41. The first-order chi connectivity index (χ1) is 15.4. The number of allylic oxidation sites excluding steroid dienone is 1. The van der Waals surface area contributed by atoms with Gasteiger partial charge in [-0.2, -0.15) is 5.10 Å². The normalized spacial score (nSPS) is 35.6. The van der Waals surface area contributed by atoms with E-state index in [4.69, 9.17) is 5.10 Å². The van der Waals surface area contributed by atoms with Crippen molar-refractivity contribution in [3.8, 4) is 0 Å². The van der Waals surface area contributed by atoms with Gasteiger partial charge in [-0.15, -0.1) is 0 Å². The minimum Gasteiger partial charge on any atom is -0.299 e. The average molecular weight is 429 g/mol. The molecule has 0 aliphatic heterocycles. The summed E-state index contributed by atoms with van der Waals surface area (Å²) in [5.74, 6) is 2.24. The zero-order chi connectivity index (χ0) is 22.1. The molecule has 0 unspecified atom stereocenters. The van der Waals surface area contributed by atoms with Crippen LogP contribution in [-0.2, 0) is 23.2 Å². The molecule has 5 atom stereocenters. The molecule has 0 amide bonds. The number of carbonyl (C=O) groups is 2. The van der Waals surface area contributed by atoms with Gasteiger partial charge >= 0.3 is 0 Å². The van der Waals surface area contributed by atoms with Crippen molar-refractivity contribution in [3.05, 3.63) is 58.9 Å². The number of fused-ring (bicyclic) bond motifs is 4. The third-order valence-electron chi connectivity index (χ3n) is 9.55. The molecule has 4 aliphatic carbocycles. The number of rotatable bonds is 3. The highest BCUT2D eigenvalue weighted by Crippen LogP contribution is 2.63. The van der Waals surface area contributed by atoms with Crippen molar-refractivity contribution in [2.75, 3.05) is 0 Å². The first-order valence-electron chi connectivity index (χ1n) is 12.3. The largest absolute Gasteiger partial charge is 0.299 e. The highest BCUT2D eigenvalue weighted by molar-refractivity contribution is 5.97. The lowest BCUT2D eigenvalue weighted by molar-refractivity contribution is -0.131. The number of nitrogens with zero attached hydrogens (tertiary/aromatic N) is 2. The number of Topliss-reactive ketones (excluding diaryl/α,β-unsaturated/α-hetero) is 2. The van der Waals surface area contributed by atoms with E-state index in [1.807, 2.05) is 18.2 Å². The molecule has 0 saturated heterocycles. The molecule has 6 rings (SSSR count). The molecule has 4 nitrogen and oxygen atoms in total. The van der Waals surface area contributed by atoms with Crippen molar-refractivity contribution in [2.24, 2.45) is 23.2 Å². The smallest absolute Gasteiger partial charge is 0.183 e. The summed E-state index contributed by atoms with van der Waals surface area (Å²) in [6.45, 7) is 5.31. The van der Waals surface area contributed by atoms with Crippen molar-refractivity contribution in [1.29, 1.82) is 0 Å². The third-order valence-corrected chi connectivity index (χ3v) is 9.55. The molecule has 4 heteroatoms. The molecule has 0 N–H and O–H groups in total. The second kappa shape index (κ2) is 7.00. The predicted molar refractivity (Wildman–Crippen MR) is 124 cm³/mol. The molecule has 2 aromatic rings. The summed E-state index contributed by atoms with van der Waals surface area (Å²) in [5, 5.41) is 4.89. The van der Waals surface area contributed by atoms with Gasteiger partial charge < -0.3 is 0 Å². The van der Waals surface area contributed by atoms with E-state index in [0.717, 1.165) is 44.2 Å². The van der Waals surface area contributed by atoms with Gasteiger partial charge in [0.1, 0.15) is 11.5 Å². The van der Waals surface area contributed by atoms with E-state index in [-0.39, 0.29) is 16.6 Å². The van der Waals surface area contributed by atoms with Crippen molar-refractivity contribution >= 4 is 17.6 Å². The van der Waals surface area contributed by atoms with Gasteiger partial charge in [-0.25, -0.2) is 0 Å². The van der Waals surface area contributed by atoms with E-state index in [2.05, 4.69) is 42.8 Å². The van der Waals surface area contributed by atoms with Gasteiger partial charge in [-0.05, 0) is 55.4 Å². The Morgan fingerprint density at radius 2 is 1.81 bits per heavy atom. The fraction of sp³-hybridized carbons (Fsp3) is 0.536. The Hall–Kier alpha value is -2.49. The number of benzene rings is 1. The minimum absolute atomic E-state index is 0.00978. The standard InChI is InChI=1S/C28H32N2O2/c1-27-14-12-21-19(20(27)10-11-24(27)32)17-22-25-26(23(31)13-15-28(21,25)2)29-30(22)16-6-9-18-7-4-3-5-8-18/h3-9,19-21H,10-17H2,1-2H3/b9-6+/t19-,20-,21-,27-,28+/m0/s1. The molecular formula is C28H32N2O2. The molecule has 4 aliphatic rings. The van der Waals surface area contributed by atoms with Crippen LogP contribution in [0.3, 0.4) is 0 Å². The van der Waals surface area contributed by atoms with Crippen LogP contribution in [0.25, 0.3) is 6.08 Å². The van der Waals surface area contributed by atoms with Gasteiger partial charge in [0, 0.05) is 34.9 Å². The Labute approximate surface area is 190 Å². The summed E-state index contributed by atoms with van der Waals surface area (Å²) in [7, 11) is 0. The van der Waals surface area contributed by atoms with E-state index in [1.54, 1.807) is 0 Å². The van der Waals surface area contributed by atoms with Crippen LogP contribution in [-0.4, -0.2) is 21.3 Å². The van der Waals surface area contributed by atoms with Gasteiger partial charge in [0.05, 0.1) is 6.54 Å². The Morgan fingerprint density at radius 1 is 1.03 bits per heavy atom. The minimum atomic E-state index is -0.138. The zero-order valence-electron chi connectivity index (χ0n) is 19.1. The van der Waals surface area contributed by atoms with Crippen molar-refractivity contribution in [2.45, 2.75) is 70.8 Å². The summed E-state index contributed by atoms with van der Waals surface area (Å²) in [6, 6.07) is 10.3. The lowest BCUT2D eigenvalue weighted by Gasteiger charge is -2.55. The maximum absolute atomic E-state index is 12.9. The van der Waals surface area contributed by atoms with Crippen LogP contribution in [0, 0.1) is 23.2 Å². The molecule has 1 aromatic heterocycles. The quantitative estimate of drug-likeness (QED) is 0.658. The zero-order valence-corrected chi connectivity index (χ0v) is 19.1. The molecule has 32 heavy (non-hydrogen) atoms. The molecule has 1 heterocycles. The fourth-order valence-corrected chi connectivity index (χ4v) is 7.85. The summed E-state index contributed by atoms with van der Waals surface area (Å²) in [4.78, 5) is 25.7. The Bertz CT molecular complexity index is 1130. The van der Waals surface area contributed by atoms with Crippen molar-refractivity contribution < 1.29 is 9.59 Å². The van der Waals surface area contributed by atoms with Crippen LogP contribution in [0.4, 0.5) is 0 Å². The van der Waals surface area contributed by atoms with Crippen LogP contribution in [0.1, 0.15) is 79.7 Å². The predicted octanol–water partition coefficient (Wildman–Crippen LogP) is 5.40. The molecule has 0 bridgehead atoms. The molecule has 1 aromatic carbocycles. The van der Waals surface area contributed by atoms with Gasteiger partial charge in [0.15, 0.2) is 5.78 Å². The van der Waals surface area contributed by atoms with Crippen molar-refractivity contribution in [1.82, 2.24) is 9.78 Å². The monoisotopic (exact) mass is 428 g/mol. The topological polar surface area (TPSA) is 52.0 Å². The maximum Gasteiger partial charge on any atom is 0.183 e. The molecule has 2 saturated carbocycles. The molecule has 0 radical (unpaired) electrons. The summed E-state index contributed by atoms with van der Waals surface area (Å²) < 4.78 is 2.10. The van der Waals surface area contributed by atoms with Gasteiger partial charge in [0.2, 0.25) is 0 Å². The summed E-state index contributed by atoms with van der Waals surface area (Å²) in [6.07, 6.45) is 10.7. The fourth-order valence-electron chi connectivity index (χ4n) is 7.85. The van der Waals surface area contributed by atoms with Gasteiger partial charge in [0.25, 0.3) is 0 Å². The first kappa shape index (κ1) is 20.1. The molecule has 0 spiro atoms. The third kappa shape index (κ3) is 2.71. The van der Waals surface area contributed by atoms with Crippen LogP contribution < -0.4 is 0 Å². The second-order valence-corrected chi connectivity index (χ2v) is 11.0.